The van der Waals surface area contributed by atoms with Gasteiger partial charge in [0.2, 0.25) is 5.95 Å². The topological polar surface area (TPSA) is 85.6 Å². The van der Waals surface area contributed by atoms with E-state index < -0.39 is 0 Å². The minimum absolute atomic E-state index is 0.168. The molecule has 0 spiro atoms. The molecule has 0 aromatic carbocycles. The van der Waals surface area contributed by atoms with Crippen LogP contribution in [0.5, 0.6) is 0 Å². The number of nitrogens with zero attached hydrogens (tertiary/aromatic N) is 5. The quantitative estimate of drug-likeness (QED) is 0.521. The Labute approximate surface area is 151 Å². The third-order valence-corrected chi connectivity index (χ3v) is 3.71. The molecule has 26 heavy (non-hydrogen) atoms. The van der Waals surface area contributed by atoms with Crippen molar-refractivity contribution in [2.75, 3.05) is 11.9 Å². The summed E-state index contributed by atoms with van der Waals surface area (Å²) in [6, 6.07) is 5.17. The van der Waals surface area contributed by atoms with Crippen LogP contribution in [0.25, 0.3) is 11.3 Å². The molecule has 0 fully saturated rings. The maximum Gasteiger partial charge on any atom is 0.267 e. The van der Waals surface area contributed by atoms with Crippen molar-refractivity contribution < 1.29 is 0 Å². The number of aromatic nitrogens is 5. The average molecular weight is 348 g/mol. The molecule has 0 saturated heterocycles. The summed E-state index contributed by atoms with van der Waals surface area (Å²) < 4.78 is 1.42. The molecule has 132 valence electrons. The SMILES string of the molecule is C=CCCNc1ncc(-c2ccc(=O)n(Cc3cncc(C)c3)n2)cn1. The molecule has 7 nitrogen and oxygen atoms in total. The molecule has 7 heteroatoms. The van der Waals surface area contributed by atoms with E-state index in [1.807, 2.05) is 19.1 Å². The van der Waals surface area contributed by atoms with Crippen LogP contribution in [0.15, 0.2) is 60.4 Å². The van der Waals surface area contributed by atoms with Crippen LogP contribution in [-0.2, 0) is 6.54 Å². The zero-order valence-electron chi connectivity index (χ0n) is 14.6. The van der Waals surface area contributed by atoms with E-state index in [2.05, 4.69) is 31.9 Å². The lowest BCUT2D eigenvalue weighted by molar-refractivity contribution is 0.640. The summed E-state index contributed by atoms with van der Waals surface area (Å²) in [5, 5.41) is 7.54. The molecule has 0 aliphatic carbocycles. The Balaban J connectivity index is 1.80. The predicted molar refractivity (Wildman–Crippen MR) is 101 cm³/mol. The van der Waals surface area contributed by atoms with Crippen molar-refractivity contribution in [2.24, 2.45) is 0 Å². The third kappa shape index (κ3) is 4.38. The molecule has 0 aliphatic heterocycles. The molecule has 3 aromatic rings. The molecule has 0 aliphatic rings. The van der Waals surface area contributed by atoms with Crippen molar-refractivity contribution in [3.8, 4) is 11.3 Å². The van der Waals surface area contributed by atoms with Crippen LogP contribution >= 0.6 is 0 Å². The van der Waals surface area contributed by atoms with Gasteiger partial charge in [-0.25, -0.2) is 14.6 Å². The summed E-state index contributed by atoms with van der Waals surface area (Å²) in [7, 11) is 0. The highest BCUT2D eigenvalue weighted by Gasteiger charge is 2.06. The van der Waals surface area contributed by atoms with E-state index in [-0.39, 0.29) is 5.56 Å². The van der Waals surface area contributed by atoms with Gasteiger partial charge in [0, 0.05) is 43.0 Å². The van der Waals surface area contributed by atoms with Crippen LogP contribution in [0.2, 0.25) is 0 Å². The molecular weight excluding hydrogens is 328 g/mol. The lowest BCUT2D eigenvalue weighted by Crippen LogP contribution is -2.23. The maximum atomic E-state index is 12.1. The number of hydrogen-bond donors (Lipinski definition) is 1. The highest BCUT2D eigenvalue weighted by molar-refractivity contribution is 5.56. The van der Waals surface area contributed by atoms with Gasteiger partial charge in [-0.3, -0.25) is 9.78 Å². The first-order valence-electron chi connectivity index (χ1n) is 8.31. The van der Waals surface area contributed by atoms with Gasteiger partial charge in [0.25, 0.3) is 5.56 Å². The lowest BCUT2D eigenvalue weighted by Gasteiger charge is -2.08. The Morgan fingerprint density at radius 3 is 2.73 bits per heavy atom. The Morgan fingerprint density at radius 1 is 1.19 bits per heavy atom. The van der Waals surface area contributed by atoms with Crippen LogP contribution in [-0.4, -0.2) is 31.3 Å². The number of nitrogens with one attached hydrogen (secondary N) is 1. The number of rotatable bonds is 7. The van der Waals surface area contributed by atoms with Crippen LogP contribution in [0.3, 0.4) is 0 Å². The molecule has 0 atom stereocenters. The Bertz CT molecular complexity index is 949. The number of hydrogen-bond acceptors (Lipinski definition) is 6. The number of anilines is 1. The van der Waals surface area contributed by atoms with Gasteiger partial charge >= 0.3 is 0 Å². The molecule has 0 radical (unpaired) electrons. The first-order valence-corrected chi connectivity index (χ1v) is 8.31. The zero-order chi connectivity index (χ0) is 18.4. The molecule has 0 unspecified atom stereocenters. The fourth-order valence-corrected chi connectivity index (χ4v) is 2.43. The monoisotopic (exact) mass is 348 g/mol. The first-order chi connectivity index (χ1) is 12.7. The van der Waals surface area contributed by atoms with Crippen LogP contribution in [0, 0.1) is 6.92 Å². The van der Waals surface area contributed by atoms with Gasteiger partial charge < -0.3 is 5.32 Å². The third-order valence-electron chi connectivity index (χ3n) is 3.71. The van der Waals surface area contributed by atoms with E-state index in [1.54, 1.807) is 30.9 Å². The standard InChI is InChI=1S/C19H20N6O/c1-3-4-7-21-19-22-11-16(12-23-19)17-5-6-18(26)25(24-17)13-15-8-14(2)9-20-10-15/h3,5-6,8-12H,1,4,7,13H2,2H3,(H,21,22,23). The summed E-state index contributed by atoms with van der Waals surface area (Å²) in [5.41, 5.74) is 3.19. The molecule has 0 bridgehead atoms. The van der Waals surface area contributed by atoms with Crippen molar-refractivity contribution in [1.82, 2.24) is 24.7 Å². The average Bonchev–Trinajstić information content (AvgIpc) is 2.64. The summed E-state index contributed by atoms with van der Waals surface area (Å²) >= 11 is 0. The van der Waals surface area contributed by atoms with E-state index in [9.17, 15) is 4.79 Å². The fraction of sp³-hybridized carbons (Fsp3) is 0.211. The van der Waals surface area contributed by atoms with Gasteiger partial charge in [-0.05, 0) is 30.5 Å². The lowest BCUT2D eigenvalue weighted by atomic mass is 10.2. The van der Waals surface area contributed by atoms with E-state index in [1.165, 1.54) is 10.7 Å². The summed E-state index contributed by atoms with van der Waals surface area (Å²) in [6.45, 7) is 6.74. The number of aryl methyl sites for hydroxylation is 1. The van der Waals surface area contributed by atoms with Gasteiger partial charge in [-0.1, -0.05) is 12.1 Å². The number of pyridine rings is 1. The molecule has 0 saturated carbocycles. The molecule has 3 rings (SSSR count). The molecule has 0 amide bonds. The van der Waals surface area contributed by atoms with E-state index in [0.29, 0.717) is 18.2 Å². The highest BCUT2D eigenvalue weighted by Crippen LogP contribution is 2.14. The van der Waals surface area contributed by atoms with Crippen molar-refractivity contribution in [2.45, 2.75) is 19.9 Å². The summed E-state index contributed by atoms with van der Waals surface area (Å²) in [5.74, 6) is 0.551. The van der Waals surface area contributed by atoms with Gasteiger partial charge in [0.05, 0.1) is 12.2 Å². The first kappa shape index (κ1) is 17.5. The second-order valence-electron chi connectivity index (χ2n) is 5.88. The smallest absolute Gasteiger partial charge is 0.267 e. The minimum atomic E-state index is -0.168. The van der Waals surface area contributed by atoms with Gasteiger partial charge in [-0.2, -0.15) is 5.10 Å². The molecule has 3 heterocycles. The summed E-state index contributed by atoms with van der Waals surface area (Å²) in [6.07, 6.45) is 9.56. The second kappa shape index (κ2) is 8.15. The van der Waals surface area contributed by atoms with Gasteiger partial charge in [0.15, 0.2) is 0 Å². The Kier molecular flexibility index (Phi) is 5.48. The van der Waals surface area contributed by atoms with Crippen molar-refractivity contribution >= 4 is 5.95 Å². The van der Waals surface area contributed by atoms with Crippen LogP contribution in [0.4, 0.5) is 5.95 Å². The fourth-order valence-electron chi connectivity index (χ4n) is 2.43. The Morgan fingerprint density at radius 2 is 2.00 bits per heavy atom. The largest absolute Gasteiger partial charge is 0.354 e. The molecular formula is C19H20N6O. The summed E-state index contributed by atoms with van der Waals surface area (Å²) in [4.78, 5) is 24.8. The van der Waals surface area contributed by atoms with E-state index >= 15 is 0 Å². The zero-order valence-corrected chi connectivity index (χ0v) is 14.6. The predicted octanol–water partition coefficient (Wildman–Crippen LogP) is 2.44. The van der Waals surface area contributed by atoms with Crippen LogP contribution in [0.1, 0.15) is 17.5 Å². The van der Waals surface area contributed by atoms with Crippen molar-refractivity contribution in [3.63, 3.8) is 0 Å². The minimum Gasteiger partial charge on any atom is -0.354 e. The van der Waals surface area contributed by atoms with E-state index in [4.69, 9.17) is 0 Å². The maximum absolute atomic E-state index is 12.1. The molecule has 1 N–H and O–H groups in total. The van der Waals surface area contributed by atoms with Crippen molar-refractivity contribution in [3.05, 3.63) is 77.1 Å². The normalized spacial score (nSPS) is 10.5. The van der Waals surface area contributed by atoms with Crippen LogP contribution < -0.4 is 10.9 Å². The van der Waals surface area contributed by atoms with Gasteiger partial charge in [-0.15, -0.1) is 6.58 Å². The van der Waals surface area contributed by atoms with Crippen molar-refractivity contribution in [1.29, 1.82) is 0 Å². The second-order valence-corrected chi connectivity index (χ2v) is 5.88. The Hall–Kier alpha value is -3.35. The van der Waals surface area contributed by atoms with E-state index in [0.717, 1.165) is 29.7 Å². The highest BCUT2D eigenvalue weighted by atomic mass is 16.1. The molecule has 3 aromatic heterocycles. The van der Waals surface area contributed by atoms with Gasteiger partial charge in [0.1, 0.15) is 0 Å².